The van der Waals surface area contributed by atoms with Gasteiger partial charge in [-0.25, -0.2) is 4.79 Å². The minimum absolute atomic E-state index is 0.359. The summed E-state index contributed by atoms with van der Waals surface area (Å²) in [5.74, 6) is -0.265. The van der Waals surface area contributed by atoms with E-state index >= 15 is 0 Å². The molecule has 0 bridgehead atoms. The molecule has 0 atom stereocenters. The topological polar surface area (TPSA) is 64.6 Å². The Hall–Kier alpha value is -2.99. The quantitative estimate of drug-likeness (QED) is 0.507. The minimum atomic E-state index is -0.554. The van der Waals surface area contributed by atoms with Gasteiger partial charge in [-0.15, -0.1) is 11.8 Å². The highest BCUT2D eigenvalue weighted by molar-refractivity contribution is 7.98. The maximum absolute atomic E-state index is 12.5. The zero-order valence-electron chi connectivity index (χ0n) is 15.0. The van der Waals surface area contributed by atoms with Gasteiger partial charge < -0.3 is 14.8 Å². The minimum Gasteiger partial charge on any atom is -0.496 e. The molecule has 0 spiro atoms. The predicted molar refractivity (Wildman–Crippen MR) is 108 cm³/mol. The first kappa shape index (κ1) is 18.8. The van der Waals surface area contributed by atoms with Crippen LogP contribution in [0.5, 0.6) is 5.75 Å². The summed E-state index contributed by atoms with van der Waals surface area (Å²) < 4.78 is 10.5. The third-order valence-electron chi connectivity index (χ3n) is 4.04. The summed E-state index contributed by atoms with van der Waals surface area (Å²) in [6, 6.07) is 18.2. The highest BCUT2D eigenvalue weighted by Gasteiger charge is 2.16. The molecular weight excluding hydrogens is 362 g/mol. The maximum Gasteiger partial charge on any atom is 0.339 e. The van der Waals surface area contributed by atoms with E-state index in [1.807, 2.05) is 54.8 Å². The van der Waals surface area contributed by atoms with Gasteiger partial charge in [0.25, 0.3) is 5.91 Å². The molecule has 1 N–H and O–H groups in total. The molecule has 0 unspecified atom stereocenters. The first-order valence-corrected chi connectivity index (χ1v) is 9.52. The summed E-state index contributed by atoms with van der Waals surface area (Å²) in [4.78, 5) is 25.6. The standard InChI is InChI=1S/C21H19NO4S/c1-25-18-12-11-16(14-7-3-4-8-15(14)18)21(24)26-13-20(23)22-17-9-5-6-10-19(17)27-2/h3-12H,13H2,1-2H3,(H,22,23). The van der Waals surface area contributed by atoms with Gasteiger partial charge in [0, 0.05) is 10.3 Å². The average molecular weight is 381 g/mol. The van der Waals surface area contributed by atoms with Crippen molar-refractivity contribution < 1.29 is 19.1 Å². The molecule has 138 valence electrons. The van der Waals surface area contributed by atoms with E-state index in [1.54, 1.807) is 19.2 Å². The van der Waals surface area contributed by atoms with Crippen LogP contribution in [0.1, 0.15) is 10.4 Å². The van der Waals surface area contributed by atoms with Crippen molar-refractivity contribution in [3.05, 3.63) is 66.2 Å². The van der Waals surface area contributed by atoms with Crippen LogP contribution in [-0.2, 0) is 9.53 Å². The Labute approximate surface area is 161 Å². The molecule has 0 fully saturated rings. The number of methoxy groups -OCH3 is 1. The average Bonchev–Trinajstić information content (AvgIpc) is 2.71. The molecule has 0 saturated heterocycles. The number of para-hydroxylation sites is 1. The third kappa shape index (κ3) is 4.23. The number of amides is 1. The number of rotatable bonds is 6. The van der Waals surface area contributed by atoms with Gasteiger partial charge in [-0.3, -0.25) is 4.79 Å². The Morgan fingerprint density at radius 3 is 2.41 bits per heavy atom. The number of hydrogen-bond acceptors (Lipinski definition) is 5. The molecule has 0 aliphatic rings. The number of hydrogen-bond donors (Lipinski definition) is 1. The zero-order chi connectivity index (χ0) is 19.2. The van der Waals surface area contributed by atoms with Crippen molar-refractivity contribution in [3.8, 4) is 5.75 Å². The molecule has 0 heterocycles. The monoisotopic (exact) mass is 381 g/mol. The Kier molecular flexibility index (Phi) is 5.98. The normalized spacial score (nSPS) is 10.4. The van der Waals surface area contributed by atoms with E-state index < -0.39 is 5.97 Å². The number of ether oxygens (including phenoxy) is 2. The second-order valence-electron chi connectivity index (χ2n) is 5.69. The van der Waals surface area contributed by atoms with Crippen LogP contribution >= 0.6 is 11.8 Å². The number of carbonyl (C=O) groups is 2. The second kappa shape index (κ2) is 8.60. The van der Waals surface area contributed by atoms with E-state index in [-0.39, 0.29) is 12.5 Å². The summed E-state index contributed by atoms with van der Waals surface area (Å²) >= 11 is 1.53. The summed E-state index contributed by atoms with van der Waals surface area (Å²) in [5.41, 5.74) is 1.09. The molecular formula is C21H19NO4S. The molecule has 3 aromatic rings. The van der Waals surface area contributed by atoms with Gasteiger partial charge in [-0.2, -0.15) is 0 Å². The van der Waals surface area contributed by atoms with Gasteiger partial charge in [-0.1, -0.05) is 36.4 Å². The van der Waals surface area contributed by atoms with Crippen LogP contribution in [-0.4, -0.2) is 31.8 Å². The van der Waals surface area contributed by atoms with Gasteiger partial charge in [0.15, 0.2) is 6.61 Å². The van der Waals surface area contributed by atoms with Crippen LogP contribution in [0.15, 0.2) is 65.6 Å². The van der Waals surface area contributed by atoms with Crippen LogP contribution in [0.3, 0.4) is 0 Å². The number of fused-ring (bicyclic) bond motifs is 1. The van der Waals surface area contributed by atoms with Gasteiger partial charge in [0.05, 0.1) is 18.4 Å². The third-order valence-corrected chi connectivity index (χ3v) is 4.84. The fraction of sp³-hybridized carbons (Fsp3) is 0.143. The van der Waals surface area contributed by atoms with E-state index in [2.05, 4.69) is 5.32 Å². The maximum atomic E-state index is 12.5. The van der Waals surface area contributed by atoms with E-state index in [0.29, 0.717) is 17.0 Å². The highest BCUT2D eigenvalue weighted by Crippen LogP contribution is 2.29. The molecule has 3 aromatic carbocycles. The largest absolute Gasteiger partial charge is 0.496 e. The lowest BCUT2D eigenvalue weighted by atomic mass is 10.0. The summed E-state index contributed by atoms with van der Waals surface area (Å²) in [6.07, 6.45) is 1.93. The number of nitrogens with one attached hydrogen (secondary N) is 1. The van der Waals surface area contributed by atoms with Crippen molar-refractivity contribution in [3.63, 3.8) is 0 Å². The SMILES string of the molecule is COc1ccc(C(=O)OCC(=O)Nc2ccccc2SC)c2ccccc12. The van der Waals surface area contributed by atoms with Crippen molar-refractivity contribution in [2.45, 2.75) is 4.90 Å². The molecule has 0 aromatic heterocycles. The fourth-order valence-electron chi connectivity index (χ4n) is 2.77. The number of carbonyl (C=O) groups excluding carboxylic acids is 2. The Balaban J connectivity index is 1.71. The number of anilines is 1. The van der Waals surface area contributed by atoms with Crippen LogP contribution in [0.4, 0.5) is 5.69 Å². The van der Waals surface area contributed by atoms with Gasteiger partial charge in [0.1, 0.15) is 5.75 Å². The lowest BCUT2D eigenvalue weighted by molar-refractivity contribution is -0.119. The van der Waals surface area contributed by atoms with Gasteiger partial charge >= 0.3 is 5.97 Å². The smallest absolute Gasteiger partial charge is 0.339 e. The molecule has 0 aliphatic heterocycles. The zero-order valence-corrected chi connectivity index (χ0v) is 15.8. The van der Waals surface area contributed by atoms with Crippen molar-refractivity contribution in [1.29, 1.82) is 0 Å². The van der Waals surface area contributed by atoms with Crippen molar-refractivity contribution >= 4 is 40.1 Å². The highest BCUT2D eigenvalue weighted by atomic mass is 32.2. The van der Waals surface area contributed by atoms with E-state index in [1.165, 1.54) is 11.8 Å². The molecule has 3 rings (SSSR count). The Morgan fingerprint density at radius 2 is 1.67 bits per heavy atom. The van der Waals surface area contributed by atoms with Crippen LogP contribution in [0, 0.1) is 0 Å². The first-order chi connectivity index (χ1) is 13.1. The lowest BCUT2D eigenvalue weighted by Crippen LogP contribution is -2.21. The molecule has 0 aliphatic carbocycles. The fourth-order valence-corrected chi connectivity index (χ4v) is 3.32. The van der Waals surface area contributed by atoms with Gasteiger partial charge in [0.2, 0.25) is 0 Å². The van der Waals surface area contributed by atoms with Crippen molar-refractivity contribution in [1.82, 2.24) is 0 Å². The molecule has 5 nitrogen and oxygen atoms in total. The molecule has 1 amide bonds. The second-order valence-corrected chi connectivity index (χ2v) is 6.53. The Morgan fingerprint density at radius 1 is 0.963 bits per heavy atom. The van der Waals surface area contributed by atoms with Crippen molar-refractivity contribution in [2.24, 2.45) is 0 Å². The molecule has 0 saturated carbocycles. The summed E-state index contributed by atoms with van der Waals surface area (Å²) in [7, 11) is 1.58. The van der Waals surface area contributed by atoms with E-state index in [4.69, 9.17) is 9.47 Å². The number of thioether (sulfide) groups is 1. The van der Waals surface area contributed by atoms with Crippen LogP contribution in [0.25, 0.3) is 10.8 Å². The summed E-state index contributed by atoms with van der Waals surface area (Å²) in [5, 5.41) is 4.30. The number of benzene rings is 3. The first-order valence-electron chi connectivity index (χ1n) is 8.29. The van der Waals surface area contributed by atoms with Crippen LogP contribution in [0.2, 0.25) is 0 Å². The van der Waals surface area contributed by atoms with E-state index in [9.17, 15) is 9.59 Å². The van der Waals surface area contributed by atoms with Crippen LogP contribution < -0.4 is 10.1 Å². The van der Waals surface area contributed by atoms with Crippen molar-refractivity contribution in [2.75, 3.05) is 25.3 Å². The molecule has 27 heavy (non-hydrogen) atoms. The lowest BCUT2D eigenvalue weighted by Gasteiger charge is -2.11. The molecule has 0 radical (unpaired) electrons. The number of esters is 1. The molecule has 6 heteroatoms. The predicted octanol–water partition coefficient (Wildman–Crippen LogP) is 4.37. The summed E-state index contributed by atoms with van der Waals surface area (Å²) in [6.45, 7) is -0.359. The van der Waals surface area contributed by atoms with E-state index in [0.717, 1.165) is 15.7 Å². The van der Waals surface area contributed by atoms with Gasteiger partial charge in [-0.05, 0) is 35.9 Å². The Bertz CT molecular complexity index is 987.